The molecular formula is C22H26N2O2. The second kappa shape index (κ2) is 8.17. The van der Waals surface area contributed by atoms with Gasteiger partial charge in [0.2, 0.25) is 5.91 Å². The van der Waals surface area contributed by atoms with Crippen LogP contribution in [-0.2, 0) is 4.79 Å². The van der Waals surface area contributed by atoms with Crippen molar-refractivity contribution >= 4 is 11.8 Å². The first-order chi connectivity index (χ1) is 12.5. The van der Waals surface area contributed by atoms with Gasteiger partial charge >= 0.3 is 0 Å². The van der Waals surface area contributed by atoms with E-state index in [9.17, 15) is 9.59 Å². The zero-order valence-corrected chi connectivity index (χ0v) is 15.4. The molecule has 0 saturated carbocycles. The van der Waals surface area contributed by atoms with E-state index in [0.29, 0.717) is 25.9 Å². The third-order valence-electron chi connectivity index (χ3n) is 5.11. The summed E-state index contributed by atoms with van der Waals surface area (Å²) in [5, 5.41) is 3.11. The van der Waals surface area contributed by atoms with Gasteiger partial charge in [0.1, 0.15) is 0 Å². The minimum atomic E-state index is -0.0248. The third-order valence-corrected chi connectivity index (χ3v) is 5.11. The second-order valence-corrected chi connectivity index (χ2v) is 7.07. The van der Waals surface area contributed by atoms with Gasteiger partial charge in [-0.1, -0.05) is 48.0 Å². The van der Waals surface area contributed by atoms with Gasteiger partial charge in [0.05, 0.1) is 6.04 Å². The lowest BCUT2D eigenvalue weighted by molar-refractivity contribution is -0.126. The predicted octanol–water partition coefficient (Wildman–Crippen LogP) is 3.72. The van der Waals surface area contributed by atoms with Crippen molar-refractivity contribution < 1.29 is 9.59 Å². The summed E-state index contributed by atoms with van der Waals surface area (Å²) in [4.78, 5) is 27.0. The second-order valence-electron chi connectivity index (χ2n) is 7.07. The lowest BCUT2D eigenvalue weighted by atomic mass is 9.94. The van der Waals surface area contributed by atoms with Crippen LogP contribution in [0.2, 0.25) is 0 Å². The largest absolute Gasteiger partial charge is 0.349 e. The topological polar surface area (TPSA) is 49.4 Å². The summed E-state index contributed by atoms with van der Waals surface area (Å²) in [6.45, 7) is 5.27. The fourth-order valence-corrected chi connectivity index (χ4v) is 3.38. The fourth-order valence-electron chi connectivity index (χ4n) is 3.38. The van der Waals surface area contributed by atoms with Crippen LogP contribution in [0.15, 0.2) is 54.6 Å². The monoisotopic (exact) mass is 350 g/mol. The number of piperidine rings is 1. The molecule has 136 valence electrons. The van der Waals surface area contributed by atoms with Crippen molar-refractivity contribution in [2.45, 2.75) is 32.7 Å². The van der Waals surface area contributed by atoms with Gasteiger partial charge in [-0.05, 0) is 44.4 Å². The average Bonchev–Trinajstić information content (AvgIpc) is 2.69. The Hall–Kier alpha value is -2.62. The van der Waals surface area contributed by atoms with Crippen LogP contribution in [0.1, 0.15) is 47.3 Å². The number of aryl methyl sites for hydroxylation is 1. The smallest absolute Gasteiger partial charge is 0.253 e. The standard InChI is InChI=1S/C22H26N2O2/c1-16-8-10-20(11-9-16)22(26)24-14-12-19(13-15-24)21(25)23-17(2)18-6-4-3-5-7-18/h3-11,17,19H,12-15H2,1-2H3,(H,23,25). The van der Waals surface area contributed by atoms with Gasteiger partial charge in [-0.3, -0.25) is 9.59 Å². The van der Waals surface area contributed by atoms with Gasteiger partial charge in [0.15, 0.2) is 0 Å². The molecule has 1 N–H and O–H groups in total. The lowest BCUT2D eigenvalue weighted by Gasteiger charge is -2.32. The Labute approximate surface area is 155 Å². The molecule has 26 heavy (non-hydrogen) atoms. The highest BCUT2D eigenvalue weighted by Crippen LogP contribution is 2.21. The molecule has 1 aliphatic heterocycles. The molecule has 2 amide bonds. The minimum absolute atomic E-state index is 0.00378. The number of likely N-dealkylation sites (tertiary alicyclic amines) is 1. The number of rotatable bonds is 4. The van der Waals surface area contributed by atoms with E-state index in [0.717, 1.165) is 16.7 Å². The third kappa shape index (κ3) is 4.31. The molecule has 1 fully saturated rings. The maximum atomic E-state index is 12.6. The first-order valence-electron chi connectivity index (χ1n) is 9.26. The summed E-state index contributed by atoms with van der Waals surface area (Å²) in [5.41, 5.74) is 2.97. The van der Waals surface area contributed by atoms with E-state index in [-0.39, 0.29) is 23.8 Å². The van der Waals surface area contributed by atoms with Crippen LogP contribution in [0.25, 0.3) is 0 Å². The highest BCUT2D eigenvalue weighted by atomic mass is 16.2. The van der Waals surface area contributed by atoms with Crippen molar-refractivity contribution in [1.29, 1.82) is 0 Å². The number of nitrogens with zero attached hydrogens (tertiary/aromatic N) is 1. The molecule has 4 heteroatoms. The Kier molecular flexibility index (Phi) is 5.71. The van der Waals surface area contributed by atoms with Crippen LogP contribution >= 0.6 is 0 Å². The van der Waals surface area contributed by atoms with Gasteiger partial charge in [-0.2, -0.15) is 0 Å². The van der Waals surface area contributed by atoms with E-state index in [1.165, 1.54) is 0 Å². The molecule has 1 atom stereocenters. The molecule has 0 radical (unpaired) electrons. The highest BCUT2D eigenvalue weighted by molar-refractivity contribution is 5.94. The summed E-state index contributed by atoms with van der Waals surface area (Å²) in [5.74, 6) is 0.119. The number of hydrogen-bond acceptors (Lipinski definition) is 2. The van der Waals surface area contributed by atoms with Crippen molar-refractivity contribution in [1.82, 2.24) is 10.2 Å². The Balaban J connectivity index is 1.52. The number of nitrogens with one attached hydrogen (secondary N) is 1. The Morgan fingerprint density at radius 3 is 2.23 bits per heavy atom. The van der Waals surface area contributed by atoms with E-state index in [1.54, 1.807) is 0 Å². The normalized spacial score (nSPS) is 16.2. The van der Waals surface area contributed by atoms with Crippen LogP contribution in [0.3, 0.4) is 0 Å². The van der Waals surface area contributed by atoms with E-state index in [1.807, 2.05) is 73.3 Å². The van der Waals surface area contributed by atoms with Crippen LogP contribution in [0.4, 0.5) is 0 Å². The zero-order chi connectivity index (χ0) is 18.5. The number of carbonyl (C=O) groups excluding carboxylic acids is 2. The van der Waals surface area contributed by atoms with Crippen molar-refractivity contribution in [3.8, 4) is 0 Å². The van der Waals surface area contributed by atoms with Gasteiger partial charge in [0, 0.05) is 24.6 Å². The molecule has 1 aliphatic rings. The van der Waals surface area contributed by atoms with Gasteiger partial charge < -0.3 is 10.2 Å². The van der Waals surface area contributed by atoms with Crippen molar-refractivity contribution in [3.63, 3.8) is 0 Å². The van der Waals surface area contributed by atoms with Crippen LogP contribution < -0.4 is 5.32 Å². The predicted molar refractivity (Wildman–Crippen MR) is 103 cm³/mol. The van der Waals surface area contributed by atoms with E-state index < -0.39 is 0 Å². The number of hydrogen-bond donors (Lipinski definition) is 1. The molecule has 0 bridgehead atoms. The minimum Gasteiger partial charge on any atom is -0.349 e. The van der Waals surface area contributed by atoms with Gasteiger partial charge in [0.25, 0.3) is 5.91 Å². The maximum Gasteiger partial charge on any atom is 0.253 e. The summed E-state index contributed by atoms with van der Waals surface area (Å²) >= 11 is 0. The molecule has 4 nitrogen and oxygen atoms in total. The lowest BCUT2D eigenvalue weighted by Crippen LogP contribution is -2.43. The van der Waals surface area contributed by atoms with Crippen molar-refractivity contribution in [2.24, 2.45) is 5.92 Å². The molecule has 1 unspecified atom stereocenters. The SMILES string of the molecule is Cc1ccc(C(=O)N2CCC(C(=O)NC(C)c3ccccc3)CC2)cc1. The van der Waals surface area contributed by atoms with Crippen LogP contribution in [0, 0.1) is 12.8 Å². The van der Waals surface area contributed by atoms with Gasteiger partial charge in [-0.15, -0.1) is 0 Å². The van der Waals surface area contributed by atoms with E-state index in [2.05, 4.69) is 5.32 Å². The Morgan fingerprint density at radius 2 is 1.62 bits per heavy atom. The van der Waals surface area contributed by atoms with Gasteiger partial charge in [-0.25, -0.2) is 0 Å². The Morgan fingerprint density at radius 1 is 1.00 bits per heavy atom. The quantitative estimate of drug-likeness (QED) is 0.913. The summed E-state index contributed by atoms with van der Waals surface area (Å²) in [7, 11) is 0. The fraction of sp³-hybridized carbons (Fsp3) is 0.364. The summed E-state index contributed by atoms with van der Waals surface area (Å²) < 4.78 is 0. The number of amides is 2. The molecule has 0 aromatic heterocycles. The van der Waals surface area contributed by atoms with E-state index in [4.69, 9.17) is 0 Å². The molecule has 1 heterocycles. The zero-order valence-electron chi connectivity index (χ0n) is 15.4. The van der Waals surface area contributed by atoms with Crippen LogP contribution in [-0.4, -0.2) is 29.8 Å². The molecule has 0 aliphatic carbocycles. The molecule has 1 saturated heterocycles. The number of benzene rings is 2. The van der Waals surface area contributed by atoms with E-state index >= 15 is 0 Å². The maximum absolute atomic E-state index is 12.6. The Bertz CT molecular complexity index is 747. The first-order valence-corrected chi connectivity index (χ1v) is 9.26. The van der Waals surface area contributed by atoms with Crippen molar-refractivity contribution in [2.75, 3.05) is 13.1 Å². The summed E-state index contributed by atoms with van der Waals surface area (Å²) in [6.07, 6.45) is 1.43. The van der Waals surface area contributed by atoms with Crippen LogP contribution in [0.5, 0.6) is 0 Å². The average molecular weight is 350 g/mol. The molecule has 2 aromatic carbocycles. The number of carbonyl (C=O) groups is 2. The highest BCUT2D eigenvalue weighted by Gasteiger charge is 2.28. The molecule has 3 rings (SSSR count). The first kappa shape index (κ1) is 18.2. The summed E-state index contributed by atoms with van der Waals surface area (Å²) in [6, 6.07) is 17.6. The molecule has 0 spiro atoms. The van der Waals surface area contributed by atoms with Crippen molar-refractivity contribution in [3.05, 3.63) is 71.3 Å². The molecular weight excluding hydrogens is 324 g/mol. The molecule has 2 aromatic rings.